The summed E-state index contributed by atoms with van der Waals surface area (Å²) >= 11 is 1.76. The summed E-state index contributed by atoms with van der Waals surface area (Å²) in [6.45, 7) is -0.0500. The van der Waals surface area contributed by atoms with Crippen molar-refractivity contribution < 1.29 is 19.7 Å². The summed E-state index contributed by atoms with van der Waals surface area (Å²) < 4.78 is 6.01. The number of H-pyrrole nitrogens is 1. The van der Waals surface area contributed by atoms with Gasteiger partial charge in [-0.25, -0.2) is 9.59 Å². The third-order valence-electron chi connectivity index (χ3n) is 2.29. The Bertz CT molecular complexity index is 726. The maximum atomic E-state index is 11.5. The van der Waals surface area contributed by atoms with Gasteiger partial charge in [0.15, 0.2) is 5.76 Å². The summed E-state index contributed by atoms with van der Waals surface area (Å²) in [6, 6.07) is 0. The van der Waals surface area contributed by atoms with Gasteiger partial charge in [0.05, 0.1) is 3.57 Å². The second kappa shape index (κ2) is 4.91. The summed E-state index contributed by atoms with van der Waals surface area (Å²) in [4.78, 5) is 35.6. The summed E-state index contributed by atoms with van der Waals surface area (Å²) in [5.74, 6) is -2.87. The van der Waals surface area contributed by atoms with Crippen LogP contribution in [-0.4, -0.2) is 25.7 Å². The second-order valence-electron chi connectivity index (χ2n) is 3.54. The monoisotopic (exact) mass is 378 g/mol. The van der Waals surface area contributed by atoms with Crippen LogP contribution >= 0.6 is 22.6 Å². The van der Waals surface area contributed by atoms with E-state index in [0.29, 0.717) is 3.57 Å². The maximum absolute atomic E-state index is 11.5. The number of halogens is 1. The van der Waals surface area contributed by atoms with Crippen molar-refractivity contribution in [3.63, 3.8) is 0 Å². The lowest BCUT2D eigenvalue weighted by molar-refractivity contribution is -0.135. The zero-order valence-electron chi connectivity index (χ0n) is 9.21. The van der Waals surface area contributed by atoms with Gasteiger partial charge in [-0.2, -0.15) is 0 Å². The van der Waals surface area contributed by atoms with Crippen molar-refractivity contribution in [2.45, 2.75) is 6.54 Å². The summed E-state index contributed by atoms with van der Waals surface area (Å²) in [5.41, 5.74) is -1.14. The minimum Gasteiger partial charge on any atom is -0.502 e. The highest BCUT2D eigenvalue weighted by Crippen LogP contribution is 2.21. The van der Waals surface area contributed by atoms with Crippen LogP contribution < -0.4 is 11.2 Å². The number of aliphatic hydroxyl groups excluding tert-OH is 2. The molecule has 2 heterocycles. The van der Waals surface area contributed by atoms with Gasteiger partial charge in [0, 0.05) is 12.7 Å². The van der Waals surface area contributed by atoms with Gasteiger partial charge in [0.1, 0.15) is 0 Å². The van der Waals surface area contributed by atoms with Gasteiger partial charge < -0.3 is 14.9 Å². The zero-order chi connectivity index (χ0) is 14.2. The Kier molecular flexibility index (Phi) is 3.46. The van der Waals surface area contributed by atoms with Crippen molar-refractivity contribution in [1.82, 2.24) is 9.55 Å². The van der Waals surface area contributed by atoms with Crippen LogP contribution in [0.1, 0.15) is 0 Å². The zero-order valence-corrected chi connectivity index (χ0v) is 11.4. The van der Waals surface area contributed by atoms with Crippen molar-refractivity contribution >= 4 is 28.6 Å². The number of nitrogens with one attached hydrogen (secondary N) is 1. The molecule has 1 aliphatic rings. The van der Waals surface area contributed by atoms with Gasteiger partial charge in [0.25, 0.3) is 5.56 Å². The van der Waals surface area contributed by atoms with Crippen molar-refractivity contribution in [1.29, 1.82) is 0 Å². The largest absolute Gasteiger partial charge is 0.502 e. The van der Waals surface area contributed by atoms with Crippen LogP contribution in [0.15, 0.2) is 39.1 Å². The number of hydrogen-bond acceptors (Lipinski definition) is 6. The fraction of sp³-hybridized carbons (Fsp3) is 0.100. The number of allylic oxidation sites excluding steroid dienone is 1. The Morgan fingerprint density at radius 1 is 1.32 bits per heavy atom. The minimum atomic E-state index is -1.06. The topological polar surface area (TPSA) is 122 Å². The number of rotatable bonds is 2. The van der Waals surface area contributed by atoms with Gasteiger partial charge >= 0.3 is 11.7 Å². The molecular formula is C10H7IN2O6. The summed E-state index contributed by atoms with van der Waals surface area (Å²) in [7, 11) is 0. The standard InChI is InChI=1S/C10H7IN2O6/c11-4-3-13(10(18)12-8(4)16)2-1-5-6(14)7(15)9(17)19-5/h1,3,14-15H,2H2,(H,12,16,18)/b5-1-. The molecule has 0 atom stereocenters. The van der Waals surface area contributed by atoms with E-state index < -0.39 is 28.7 Å². The molecule has 1 aromatic rings. The maximum Gasteiger partial charge on any atom is 0.383 e. The minimum absolute atomic E-state index is 0.0500. The highest BCUT2D eigenvalue weighted by molar-refractivity contribution is 14.1. The van der Waals surface area contributed by atoms with Gasteiger partial charge in [-0.3, -0.25) is 14.3 Å². The SMILES string of the molecule is O=C1O/C(=C\Cn2cc(I)c(=O)[nH]c2=O)C(O)=C1O. The second-order valence-corrected chi connectivity index (χ2v) is 4.71. The number of aliphatic hydroxyl groups is 2. The average molecular weight is 378 g/mol. The van der Waals surface area contributed by atoms with Crippen LogP contribution in [-0.2, 0) is 16.1 Å². The lowest BCUT2D eigenvalue weighted by atomic mass is 10.3. The van der Waals surface area contributed by atoms with Crippen LogP contribution in [0.2, 0.25) is 0 Å². The van der Waals surface area contributed by atoms with Gasteiger partial charge in [-0.15, -0.1) is 0 Å². The number of aromatic nitrogens is 2. The molecule has 0 fully saturated rings. The van der Waals surface area contributed by atoms with E-state index in [1.165, 1.54) is 12.3 Å². The number of ether oxygens (including phenoxy) is 1. The molecule has 1 aromatic heterocycles. The Balaban J connectivity index is 2.30. The number of hydrogen-bond donors (Lipinski definition) is 3. The first-order valence-corrected chi connectivity index (χ1v) is 6.02. The van der Waals surface area contributed by atoms with E-state index in [9.17, 15) is 19.5 Å². The van der Waals surface area contributed by atoms with Crippen LogP contribution in [0, 0.1) is 3.57 Å². The third kappa shape index (κ3) is 2.54. The number of aromatic amines is 1. The Morgan fingerprint density at radius 3 is 2.58 bits per heavy atom. The first-order valence-electron chi connectivity index (χ1n) is 4.94. The quantitative estimate of drug-likeness (QED) is 0.489. The van der Waals surface area contributed by atoms with Crippen molar-refractivity contribution in [3.8, 4) is 0 Å². The van der Waals surface area contributed by atoms with E-state index in [1.807, 2.05) is 0 Å². The van der Waals surface area contributed by atoms with Crippen LogP contribution in [0.25, 0.3) is 0 Å². The molecule has 0 spiro atoms. The molecule has 0 aliphatic carbocycles. The number of carbonyl (C=O) groups excluding carboxylic acids is 1. The fourth-order valence-electron chi connectivity index (χ4n) is 1.35. The number of esters is 1. The molecule has 0 unspecified atom stereocenters. The normalized spacial score (nSPS) is 17.1. The summed E-state index contributed by atoms with van der Waals surface area (Å²) in [6.07, 6.45) is 2.54. The number of carbonyl (C=O) groups is 1. The van der Waals surface area contributed by atoms with Crippen LogP contribution in [0.4, 0.5) is 0 Å². The number of nitrogens with zero attached hydrogens (tertiary/aromatic N) is 1. The van der Waals surface area contributed by atoms with Crippen molar-refractivity contribution in [3.05, 3.63) is 54.0 Å². The molecular weight excluding hydrogens is 371 g/mol. The van der Waals surface area contributed by atoms with Crippen LogP contribution in [0.5, 0.6) is 0 Å². The van der Waals surface area contributed by atoms with Gasteiger partial charge in [0.2, 0.25) is 11.5 Å². The lowest BCUT2D eigenvalue weighted by Gasteiger charge is -2.02. The first kappa shape index (κ1) is 13.4. The van der Waals surface area contributed by atoms with E-state index in [4.69, 9.17) is 5.11 Å². The molecule has 9 heteroatoms. The van der Waals surface area contributed by atoms with Gasteiger partial charge in [-0.1, -0.05) is 0 Å². The molecule has 0 radical (unpaired) electrons. The molecule has 8 nitrogen and oxygen atoms in total. The molecule has 3 N–H and O–H groups in total. The molecule has 19 heavy (non-hydrogen) atoms. The Labute approximate surface area is 118 Å². The molecule has 0 amide bonds. The molecule has 2 rings (SSSR count). The number of cyclic esters (lactones) is 1. The first-order chi connectivity index (χ1) is 8.90. The molecule has 0 aromatic carbocycles. The lowest BCUT2D eigenvalue weighted by Crippen LogP contribution is -2.30. The third-order valence-corrected chi connectivity index (χ3v) is 3.06. The van der Waals surface area contributed by atoms with E-state index in [2.05, 4.69) is 9.72 Å². The van der Waals surface area contributed by atoms with E-state index in [1.54, 1.807) is 22.6 Å². The van der Waals surface area contributed by atoms with E-state index >= 15 is 0 Å². The Hall–Kier alpha value is -2.04. The molecule has 100 valence electrons. The van der Waals surface area contributed by atoms with Crippen molar-refractivity contribution in [2.24, 2.45) is 0 Å². The predicted molar refractivity (Wildman–Crippen MR) is 70.5 cm³/mol. The Morgan fingerprint density at radius 2 is 2.00 bits per heavy atom. The summed E-state index contributed by atoms with van der Waals surface area (Å²) in [5, 5.41) is 18.4. The highest BCUT2D eigenvalue weighted by atomic mass is 127. The fourth-order valence-corrected chi connectivity index (χ4v) is 1.82. The van der Waals surface area contributed by atoms with Crippen LogP contribution in [0.3, 0.4) is 0 Å². The smallest absolute Gasteiger partial charge is 0.383 e. The van der Waals surface area contributed by atoms with Crippen molar-refractivity contribution in [2.75, 3.05) is 0 Å². The molecule has 0 saturated heterocycles. The predicted octanol–water partition coefficient (Wildman–Crippen LogP) is -0.0905. The molecule has 0 saturated carbocycles. The average Bonchev–Trinajstić information content (AvgIpc) is 2.60. The van der Waals surface area contributed by atoms with E-state index in [-0.39, 0.29) is 12.3 Å². The van der Waals surface area contributed by atoms with E-state index in [0.717, 1.165) is 4.57 Å². The van der Waals surface area contributed by atoms with Gasteiger partial charge in [-0.05, 0) is 28.7 Å². The highest BCUT2D eigenvalue weighted by Gasteiger charge is 2.29. The molecule has 1 aliphatic heterocycles. The molecule has 0 bridgehead atoms.